The van der Waals surface area contributed by atoms with Crippen molar-refractivity contribution in [2.24, 2.45) is 5.92 Å². The fourth-order valence-electron chi connectivity index (χ4n) is 1.63. The molecule has 0 N–H and O–H groups in total. The molecule has 0 aliphatic heterocycles. The largest absolute Gasteiger partial charge is 0.440 e. The zero-order chi connectivity index (χ0) is 14.8. The number of rotatable bonds is 4. The van der Waals surface area contributed by atoms with Gasteiger partial charge < -0.3 is 4.74 Å². The Morgan fingerprint density at radius 3 is 2.11 bits per heavy atom. The molecule has 0 bridgehead atoms. The van der Waals surface area contributed by atoms with E-state index in [0.29, 0.717) is 17.7 Å². The van der Waals surface area contributed by atoms with Crippen molar-refractivity contribution < 1.29 is 35.9 Å². The molecule has 1 saturated carbocycles. The summed E-state index contributed by atoms with van der Waals surface area (Å²) in [6, 6.07) is -0.789. The lowest BCUT2D eigenvalue weighted by molar-refractivity contribution is -0.169. The minimum absolute atomic E-state index is 0.110. The molecular formula is C10H13F6NO2. The van der Waals surface area contributed by atoms with Gasteiger partial charge >= 0.3 is 18.4 Å². The van der Waals surface area contributed by atoms with Crippen LogP contribution in [0.25, 0.3) is 0 Å². The van der Waals surface area contributed by atoms with E-state index >= 15 is 0 Å². The number of amides is 1. The number of carbonyl (C=O) groups excluding carboxylic acids is 1. The van der Waals surface area contributed by atoms with Crippen molar-refractivity contribution in [1.82, 2.24) is 4.90 Å². The summed E-state index contributed by atoms with van der Waals surface area (Å²) in [5.41, 5.74) is 0. The number of hydrogen-bond acceptors (Lipinski definition) is 2. The minimum atomic E-state index is -4.76. The SMILES string of the molecule is CC(C1CC1)N(CC(F)(F)F)C(=O)OCC(F)(F)F. The number of ether oxygens (including phenoxy) is 1. The van der Waals surface area contributed by atoms with E-state index in [1.54, 1.807) is 0 Å². The number of hydrogen-bond donors (Lipinski definition) is 0. The second kappa shape index (κ2) is 5.46. The van der Waals surface area contributed by atoms with Crippen LogP contribution < -0.4 is 0 Å². The highest BCUT2D eigenvalue weighted by atomic mass is 19.4. The highest BCUT2D eigenvalue weighted by Crippen LogP contribution is 2.36. The maximum absolute atomic E-state index is 12.3. The highest BCUT2D eigenvalue weighted by Gasteiger charge is 2.42. The minimum Gasteiger partial charge on any atom is -0.440 e. The van der Waals surface area contributed by atoms with Gasteiger partial charge in [-0.15, -0.1) is 0 Å². The van der Waals surface area contributed by atoms with Gasteiger partial charge in [-0.2, -0.15) is 26.3 Å². The molecule has 1 atom stereocenters. The van der Waals surface area contributed by atoms with E-state index in [-0.39, 0.29) is 5.92 Å². The summed E-state index contributed by atoms with van der Waals surface area (Å²) in [5, 5.41) is 0. The number of nitrogens with zero attached hydrogens (tertiary/aromatic N) is 1. The lowest BCUT2D eigenvalue weighted by atomic mass is 10.2. The lowest BCUT2D eigenvalue weighted by Crippen LogP contribution is -2.46. The maximum Gasteiger partial charge on any atom is 0.422 e. The van der Waals surface area contributed by atoms with E-state index in [1.807, 2.05) is 0 Å². The van der Waals surface area contributed by atoms with Crippen molar-refractivity contribution >= 4 is 6.09 Å². The molecule has 0 spiro atoms. The molecule has 0 saturated heterocycles. The van der Waals surface area contributed by atoms with Crippen molar-refractivity contribution in [3.63, 3.8) is 0 Å². The van der Waals surface area contributed by atoms with E-state index in [2.05, 4.69) is 4.74 Å². The molecule has 3 nitrogen and oxygen atoms in total. The quantitative estimate of drug-likeness (QED) is 0.744. The van der Waals surface area contributed by atoms with Crippen molar-refractivity contribution in [2.45, 2.75) is 38.2 Å². The van der Waals surface area contributed by atoms with Gasteiger partial charge in [0, 0.05) is 6.04 Å². The number of halogens is 6. The highest BCUT2D eigenvalue weighted by molar-refractivity contribution is 5.68. The van der Waals surface area contributed by atoms with E-state index in [0.717, 1.165) is 0 Å². The van der Waals surface area contributed by atoms with Gasteiger partial charge in [-0.05, 0) is 25.7 Å². The van der Waals surface area contributed by atoms with Crippen LogP contribution in [0.3, 0.4) is 0 Å². The zero-order valence-corrected chi connectivity index (χ0v) is 10.0. The van der Waals surface area contributed by atoms with Gasteiger partial charge in [0.2, 0.25) is 0 Å². The van der Waals surface area contributed by atoms with E-state index in [9.17, 15) is 31.1 Å². The first kappa shape index (κ1) is 15.9. The Bertz CT molecular complexity index is 323. The smallest absolute Gasteiger partial charge is 0.422 e. The summed E-state index contributed by atoms with van der Waals surface area (Å²) in [5.74, 6) is -0.110. The molecule has 112 valence electrons. The first-order chi connectivity index (χ1) is 8.49. The molecule has 19 heavy (non-hydrogen) atoms. The number of carbonyl (C=O) groups is 1. The third kappa shape index (κ3) is 6.02. The van der Waals surface area contributed by atoms with Crippen LogP contribution in [-0.2, 0) is 4.74 Å². The van der Waals surface area contributed by atoms with Crippen LogP contribution in [0, 0.1) is 5.92 Å². The van der Waals surface area contributed by atoms with Gasteiger partial charge in [-0.3, -0.25) is 4.90 Å². The molecule has 9 heteroatoms. The van der Waals surface area contributed by atoms with Crippen molar-refractivity contribution in [3.05, 3.63) is 0 Å². The average molecular weight is 293 g/mol. The molecule has 0 aromatic carbocycles. The van der Waals surface area contributed by atoms with E-state index in [4.69, 9.17) is 0 Å². The summed E-state index contributed by atoms with van der Waals surface area (Å²) in [6.07, 6.45) is -9.72. The molecule has 0 aromatic heterocycles. The second-order valence-electron chi connectivity index (χ2n) is 4.49. The van der Waals surface area contributed by atoms with Crippen LogP contribution in [-0.4, -0.2) is 42.5 Å². The molecule has 1 aliphatic rings. The molecule has 1 amide bonds. The van der Waals surface area contributed by atoms with Crippen LogP contribution in [0.1, 0.15) is 19.8 Å². The monoisotopic (exact) mass is 293 g/mol. The zero-order valence-electron chi connectivity index (χ0n) is 10.0. The first-order valence-electron chi connectivity index (χ1n) is 5.56. The normalized spacial score (nSPS) is 18.1. The molecule has 1 unspecified atom stereocenters. The van der Waals surface area contributed by atoms with Crippen molar-refractivity contribution in [1.29, 1.82) is 0 Å². The fourth-order valence-corrected chi connectivity index (χ4v) is 1.63. The predicted octanol–water partition coefficient (Wildman–Crippen LogP) is 3.35. The van der Waals surface area contributed by atoms with Gasteiger partial charge in [0.05, 0.1) is 0 Å². The molecule has 1 rings (SSSR count). The topological polar surface area (TPSA) is 29.5 Å². The number of alkyl halides is 6. The molecule has 0 aromatic rings. The Morgan fingerprint density at radius 2 is 1.74 bits per heavy atom. The Balaban J connectivity index is 2.64. The van der Waals surface area contributed by atoms with Crippen molar-refractivity contribution in [2.75, 3.05) is 13.2 Å². The lowest BCUT2D eigenvalue weighted by Gasteiger charge is -2.29. The van der Waals surface area contributed by atoms with Crippen molar-refractivity contribution in [3.8, 4) is 0 Å². The average Bonchev–Trinajstić information content (AvgIpc) is 3.02. The van der Waals surface area contributed by atoms with Crippen LogP contribution >= 0.6 is 0 Å². The molecule has 1 aliphatic carbocycles. The summed E-state index contributed by atoms with van der Waals surface area (Å²) >= 11 is 0. The maximum atomic E-state index is 12.3. The third-order valence-corrected chi connectivity index (χ3v) is 2.74. The van der Waals surface area contributed by atoms with Gasteiger partial charge in [0.25, 0.3) is 0 Å². The summed E-state index contributed by atoms with van der Waals surface area (Å²) < 4.78 is 76.4. The van der Waals surface area contributed by atoms with Gasteiger partial charge in [0.1, 0.15) is 6.54 Å². The van der Waals surface area contributed by atoms with Gasteiger partial charge in [-0.1, -0.05) is 0 Å². The fraction of sp³-hybridized carbons (Fsp3) is 0.900. The summed E-state index contributed by atoms with van der Waals surface area (Å²) in [7, 11) is 0. The van der Waals surface area contributed by atoms with Crippen LogP contribution in [0.4, 0.5) is 31.1 Å². The molecule has 0 heterocycles. The first-order valence-corrected chi connectivity index (χ1v) is 5.56. The Labute approximate surface area is 105 Å². The standard InChI is InChI=1S/C10H13F6NO2/c1-6(7-2-3-7)17(4-9(11,12)13)8(18)19-5-10(14,15)16/h6-7H,2-5H2,1H3. The van der Waals surface area contributed by atoms with E-state index < -0.39 is 37.6 Å². The van der Waals surface area contributed by atoms with Crippen LogP contribution in [0.15, 0.2) is 0 Å². The van der Waals surface area contributed by atoms with E-state index in [1.165, 1.54) is 6.92 Å². The molecule has 0 radical (unpaired) electrons. The van der Waals surface area contributed by atoms with Gasteiger partial charge in [-0.25, -0.2) is 4.79 Å². The molecule has 1 fully saturated rings. The molecular weight excluding hydrogens is 280 g/mol. The Morgan fingerprint density at radius 1 is 1.21 bits per heavy atom. The Kier molecular flexibility index (Phi) is 4.57. The third-order valence-electron chi connectivity index (χ3n) is 2.74. The van der Waals surface area contributed by atoms with Gasteiger partial charge in [0.15, 0.2) is 6.61 Å². The van der Waals surface area contributed by atoms with Crippen LogP contribution in [0.2, 0.25) is 0 Å². The summed E-state index contributed by atoms with van der Waals surface area (Å²) in [6.45, 7) is -2.13. The summed E-state index contributed by atoms with van der Waals surface area (Å²) in [4.78, 5) is 11.7. The van der Waals surface area contributed by atoms with Crippen LogP contribution in [0.5, 0.6) is 0 Å². The second-order valence-corrected chi connectivity index (χ2v) is 4.49. The Hall–Kier alpha value is -1.15. The predicted molar refractivity (Wildman–Crippen MR) is 52.4 cm³/mol.